The fourth-order valence-electron chi connectivity index (χ4n) is 2.25. The van der Waals surface area contributed by atoms with E-state index in [2.05, 4.69) is 5.32 Å². The SMILES string of the molecule is CN(C(=O)CCCC(=O)NCc1ccc(Cl)cc1)c1ccccc1. The Morgan fingerprint density at radius 2 is 1.67 bits per heavy atom. The van der Waals surface area contributed by atoms with Crippen LogP contribution in [-0.2, 0) is 16.1 Å². The average molecular weight is 345 g/mol. The summed E-state index contributed by atoms with van der Waals surface area (Å²) in [5.74, 6) is -0.0492. The van der Waals surface area contributed by atoms with E-state index in [9.17, 15) is 9.59 Å². The van der Waals surface area contributed by atoms with E-state index in [1.165, 1.54) is 0 Å². The van der Waals surface area contributed by atoms with Gasteiger partial charge in [-0.05, 0) is 36.2 Å². The molecule has 0 aromatic heterocycles. The fraction of sp³-hybridized carbons (Fsp3) is 0.263. The number of carbonyl (C=O) groups is 2. The summed E-state index contributed by atoms with van der Waals surface area (Å²) < 4.78 is 0. The number of hydrogen-bond acceptors (Lipinski definition) is 2. The second-order valence-corrected chi connectivity index (χ2v) is 5.98. The first-order valence-corrected chi connectivity index (χ1v) is 8.27. The Kier molecular flexibility index (Phi) is 6.82. The summed E-state index contributed by atoms with van der Waals surface area (Å²) in [6, 6.07) is 16.8. The molecule has 2 aromatic carbocycles. The zero-order valence-electron chi connectivity index (χ0n) is 13.7. The van der Waals surface area contributed by atoms with Gasteiger partial charge in [-0.3, -0.25) is 9.59 Å². The number of anilines is 1. The largest absolute Gasteiger partial charge is 0.352 e. The average Bonchev–Trinajstić information content (AvgIpc) is 2.61. The van der Waals surface area contributed by atoms with Crippen LogP contribution in [0.15, 0.2) is 54.6 Å². The lowest BCUT2D eigenvalue weighted by molar-refractivity contribution is -0.121. The highest BCUT2D eigenvalue weighted by Gasteiger charge is 2.11. The van der Waals surface area contributed by atoms with Crippen molar-refractivity contribution in [3.05, 3.63) is 65.2 Å². The van der Waals surface area contributed by atoms with Gasteiger partial charge < -0.3 is 10.2 Å². The third-order valence-electron chi connectivity index (χ3n) is 3.72. The molecule has 0 saturated heterocycles. The number of halogens is 1. The molecule has 1 N–H and O–H groups in total. The third-order valence-corrected chi connectivity index (χ3v) is 3.97. The topological polar surface area (TPSA) is 49.4 Å². The number of nitrogens with zero attached hydrogens (tertiary/aromatic N) is 1. The lowest BCUT2D eigenvalue weighted by atomic mass is 10.2. The van der Waals surface area contributed by atoms with Crippen LogP contribution in [0.5, 0.6) is 0 Å². The molecule has 126 valence electrons. The molecule has 0 atom stereocenters. The second-order valence-electron chi connectivity index (χ2n) is 5.55. The lowest BCUT2D eigenvalue weighted by Crippen LogP contribution is -2.27. The second kappa shape index (κ2) is 9.08. The number of nitrogens with one attached hydrogen (secondary N) is 1. The quantitative estimate of drug-likeness (QED) is 0.830. The lowest BCUT2D eigenvalue weighted by Gasteiger charge is -2.17. The number of rotatable bonds is 7. The van der Waals surface area contributed by atoms with Crippen LogP contribution >= 0.6 is 11.6 Å². The Morgan fingerprint density at radius 3 is 2.33 bits per heavy atom. The normalized spacial score (nSPS) is 10.2. The van der Waals surface area contributed by atoms with E-state index < -0.39 is 0 Å². The minimum absolute atomic E-state index is 0.00620. The summed E-state index contributed by atoms with van der Waals surface area (Å²) in [5, 5.41) is 3.52. The molecule has 5 heteroatoms. The highest BCUT2D eigenvalue weighted by Crippen LogP contribution is 2.13. The molecular weight excluding hydrogens is 324 g/mol. The Labute approximate surface area is 147 Å². The summed E-state index contributed by atoms with van der Waals surface area (Å²) in [5.41, 5.74) is 1.85. The molecule has 0 heterocycles. The Bertz CT molecular complexity index is 672. The van der Waals surface area contributed by atoms with Crippen molar-refractivity contribution >= 4 is 29.1 Å². The van der Waals surface area contributed by atoms with Gasteiger partial charge >= 0.3 is 0 Å². The van der Waals surface area contributed by atoms with Crippen LogP contribution < -0.4 is 10.2 Å². The molecule has 0 aliphatic rings. The number of carbonyl (C=O) groups excluding carboxylic acids is 2. The number of hydrogen-bond donors (Lipinski definition) is 1. The predicted octanol–water partition coefficient (Wildman–Crippen LogP) is 3.79. The van der Waals surface area contributed by atoms with Crippen molar-refractivity contribution in [2.24, 2.45) is 0 Å². The van der Waals surface area contributed by atoms with Crippen molar-refractivity contribution in [1.29, 1.82) is 0 Å². The maximum atomic E-state index is 12.1. The fourth-order valence-corrected chi connectivity index (χ4v) is 2.38. The summed E-state index contributed by atoms with van der Waals surface area (Å²) in [6.07, 6.45) is 1.21. The van der Waals surface area contributed by atoms with Crippen LogP contribution in [0.1, 0.15) is 24.8 Å². The van der Waals surface area contributed by atoms with E-state index in [-0.39, 0.29) is 11.8 Å². The molecule has 0 aliphatic carbocycles. The van der Waals surface area contributed by atoms with Crippen LogP contribution in [-0.4, -0.2) is 18.9 Å². The van der Waals surface area contributed by atoms with Gasteiger partial charge in [0.1, 0.15) is 0 Å². The van der Waals surface area contributed by atoms with Gasteiger partial charge in [0, 0.05) is 37.1 Å². The minimum atomic E-state index is -0.0554. The molecule has 0 bridgehead atoms. The zero-order valence-corrected chi connectivity index (χ0v) is 14.4. The molecule has 2 aromatic rings. The first kappa shape index (κ1) is 18.0. The first-order chi connectivity index (χ1) is 11.6. The summed E-state index contributed by atoms with van der Waals surface area (Å²) in [4.78, 5) is 25.6. The van der Waals surface area contributed by atoms with E-state index in [1.807, 2.05) is 42.5 Å². The van der Waals surface area contributed by atoms with Crippen molar-refractivity contribution in [3.63, 3.8) is 0 Å². The molecule has 0 aliphatic heterocycles. The number of para-hydroxylation sites is 1. The summed E-state index contributed by atoms with van der Waals surface area (Å²) >= 11 is 5.82. The molecule has 0 radical (unpaired) electrons. The van der Waals surface area contributed by atoms with Gasteiger partial charge in [0.15, 0.2) is 0 Å². The molecule has 2 amide bonds. The molecule has 0 spiro atoms. The Hall–Kier alpha value is -2.33. The van der Waals surface area contributed by atoms with Crippen molar-refractivity contribution in [2.75, 3.05) is 11.9 Å². The standard InChI is InChI=1S/C19H21ClN2O2/c1-22(17-6-3-2-4-7-17)19(24)9-5-8-18(23)21-14-15-10-12-16(20)13-11-15/h2-4,6-7,10-13H,5,8-9,14H2,1H3,(H,21,23). The highest BCUT2D eigenvalue weighted by molar-refractivity contribution is 6.30. The molecule has 2 rings (SSSR count). The Morgan fingerprint density at radius 1 is 1.00 bits per heavy atom. The van der Waals surface area contributed by atoms with E-state index in [0.29, 0.717) is 30.8 Å². The van der Waals surface area contributed by atoms with Gasteiger partial charge in [-0.2, -0.15) is 0 Å². The van der Waals surface area contributed by atoms with E-state index in [4.69, 9.17) is 11.6 Å². The van der Waals surface area contributed by atoms with Gasteiger partial charge in [-0.1, -0.05) is 41.9 Å². The van der Waals surface area contributed by atoms with E-state index in [0.717, 1.165) is 11.3 Å². The maximum Gasteiger partial charge on any atom is 0.226 e. The Balaban J connectivity index is 1.68. The van der Waals surface area contributed by atoms with Crippen LogP contribution in [0.2, 0.25) is 5.02 Å². The summed E-state index contributed by atoms with van der Waals surface area (Å²) in [7, 11) is 1.75. The molecule has 0 fully saturated rings. The molecule has 0 saturated carbocycles. The van der Waals surface area contributed by atoms with Crippen LogP contribution in [0.3, 0.4) is 0 Å². The van der Waals surface area contributed by atoms with Crippen LogP contribution in [0, 0.1) is 0 Å². The van der Waals surface area contributed by atoms with Crippen molar-refractivity contribution in [3.8, 4) is 0 Å². The van der Waals surface area contributed by atoms with Crippen molar-refractivity contribution < 1.29 is 9.59 Å². The van der Waals surface area contributed by atoms with Gasteiger partial charge in [-0.25, -0.2) is 0 Å². The maximum absolute atomic E-state index is 12.1. The number of benzene rings is 2. The zero-order chi connectivity index (χ0) is 17.4. The minimum Gasteiger partial charge on any atom is -0.352 e. The van der Waals surface area contributed by atoms with Gasteiger partial charge in [0.2, 0.25) is 11.8 Å². The molecular formula is C19H21ClN2O2. The van der Waals surface area contributed by atoms with E-state index >= 15 is 0 Å². The smallest absolute Gasteiger partial charge is 0.226 e. The van der Waals surface area contributed by atoms with Gasteiger partial charge in [0.25, 0.3) is 0 Å². The first-order valence-electron chi connectivity index (χ1n) is 7.89. The van der Waals surface area contributed by atoms with Crippen LogP contribution in [0.25, 0.3) is 0 Å². The highest BCUT2D eigenvalue weighted by atomic mass is 35.5. The molecule has 24 heavy (non-hydrogen) atoms. The van der Waals surface area contributed by atoms with Crippen LogP contribution in [0.4, 0.5) is 5.69 Å². The van der Waals surface area contributed by atoms with E-state index in [1.54, 1.807) is 24.1 Å². The molecule has 4 nitrogen and oxygen atoms in total. The van der Waals surface area contributed by atoms with Gasteiger partial charge in [0.05, 0.1) is 0 Å². The number of amides is 2. The predicted molar refractivity (Wildman–Crippen MR) is 97.0 cm³/mol. The van der Waals surface area contributed by atoms with Gasteiger partial charge in [-0.15, -0.1) is 0 Å². The van der Waals surface area contributed by atoms with Crippen molar-refractivity contribution in [1.82, 2.24) is 5.32 Å². The summed E-state index contributed by atoms with van der Waals surface area (Å²) in [6.45, 7) is 0.466. The third kappa shape index (κ3) is 5.70. The molecule has 0 unspecified atom stereocenters. The van der Waals surface area contributed by atoms with Crippen molar-refractivity contribution in [2.45, 2.75) is 25.8 Å². The monoisotopic (exact) mass is 344 g/mol.